The highest BCUT2D eigenvalue weighted by Gasteiger charge is 2.12. The fourth-order valence-electron chi connectivity index (χ4n) is 1.54. The van der Waals surface area contributed by atoms with Crippen LogP contribution in [0, 0.1) is 0 Å². The zero-order chi connectivity index (χ0) is 12.8. The Bertz CT molecular complexity index is 381. The average Bonchev–Trinajstić information content (AvgIpc) is 2.27. The molecule has 0 amide bonds. The Kier molecular flexibility index (Phi) is 4.78. The summed E-state index contributed by atoms with van der Waals surface area (Å²) >= 11 is 0. The van der Waals surface area contributed by atoms with Crippen LogP contribution in [0.3, 0.4) is 0 Å². The number of nitrogens with zero attached hydrogens (tertiary/aromatic N) is 1. The van der Waals surface area contributed by atoms with E-state index in [9.17, 15) is 9.90 Å². The first-order valence-corrected chi connectivity index (χ1v) is 5.28. The molecule has 0 aliphatic carbocycles. The molecule has 0 radical (unpaired) electrons. The Morgan fingerprint density at radius 2 is 2.24 bits per heavy atom. The Morgan fingerprint density at radius 1 is 1.53 bits per heavy atom. The largest absolute Gasteiger partial charge is 0.497 e. The summed E-state index contributed by atoms with van der Waals surface area (Å²) in [6.07, 6.45) is -1.14. The molecule has 0 aliphatic rings. The first-order chi connectivity index (χ1) is 8.02. The Hall–Kier alpha value is -1.75. The number of methoxy groups -OCH3 is 1. The van der Waals surface area contributed by atoms with Crippen molar-refractivity contribution < 1.29 is 19.7 Å². The van der Waals surface area contributed by atoms with E-state index < -0.39 is 12.1 Å². The van der Waals surface area contributed by atoms with Gasteiger partial charge in [-0.15, -0.1) is 0 Å². The van der Waals surface area contributed by atoms with Crippen LogP contribution in [0.5, 0.6) is 5.75 Å². The molecule has 5 nitrogen and oxygen atoms in total. The fraction of sp³-hybridized carbons (Fsp3) is 0.417. The minimum Gasteiger partial charge on any atom is -0.497 e. The van der Waals surface area contributed by atoms with Crippen LogP contribution >= 0.6 is 0 Å². The molecule has 0 bridgehead atoms. The van der Waals surface area contributed by atoms with Crippen molar-refractivity contribution in [3.05, 3.63) is 24.3 Å². The summed E-state index contributed by atoms with van der Waals surface area (Å²) in [5.74, 6) is -0.279. The van der Waals surface area contributed by atoms with E-state index in [1.54, 1.807) is 19.1 Å². The third kappa shape index (κ3) is 4.32. The molecule has 0 saturated carbocycles. The molecule has 2 N–H and O–H groups in total. The third-order valence-corrected chi connectivity index (χ3v) is 2.39. The van der Waals surface area contributed by atoms with Crippen LogP contribution in [0.15, 0.2) is 24.3 Å². The van der Waals surface area contributed by atoms with Crippen molar-refractivity contribution in [1.29, 1.82) is 0 Å². The number of carbonyl (C=O) groups is 1. The zero-order valence-electron chi connectivity index (χ0n) is 9.96. The van der Waals surface area contributed by atoms with Gasteiger partial charge in [-0.2, -0.15) is 0 Å². The topological polar surface area (TPSA) is 70.0 Å². The fourth-order valence-corrected chi connectivity index (χ4v) is 1.54. The Labute approximate surface area is 100 Å². The number of likely N-dealkylation sites (N-methyl/N-ethyl adjacent to an activating group) is 1. The zero-order valence-corrected chi connectivity index (χ0v) is 9.96. The molecule has 0 fully saturated rings. The SMILES string of the molecule is COc1cccc(N(C)CC(O)CC(=O)O)c1. The van der Waals surface area contributed by atoms with Crippen molar-refractivity contribution in [2.75, 3.05) is 25.6 Å². The second-order valence-corrected chi connectivity index (χ2v) is 3.83. The summed E-state index contributed by atoms with van der Waals surface area (Å²) in [6, 6.07) is 7.36. The van der Waals surface area contributed by atoms with Gasteiger partial charge in [0.15, 0.2) is 0 Å². The highest BCUT2D eigenvalue weighted by Crippen LogP contribution is 2.20. The minimum absolute atomic E-state index is 0.256. The van der Waals surface area contributed by atoms with Crippen LogP contribution in [0.1, 0.15) is 6.42 Å². The van der Waals surface area contributed by atoms with Gasteiger partial charge in [0.05, 0.1) is 19.6 Å². The molecular weight excluding hydrogens is 222 g/mol. The highest BCUT2D eigenvalue weighted by atomic mass is 16.5. The number of aliphatic hydroxyl groups is 1. The van der Waals surface area contributed by atoms with Crippen LogP contribution in [0.4, 0.5) is 5.69 Å². The number of aliphatic hydroxyl groups excluding tert-OH is 1. The van der Waals surface area contributed by atoms with E-state index in [0.29, 0.717) is 0 Å². The van der Waals surface area contributed by atoms with Gasteiger partial charge >= 0.3 is 5.97 Å². The van der Waals surface area contributed by atoms with Gasteiger partial charge in [-0.25, -0.2) is 0 Å². The van der Waals surface area contributed by atoms with Gasteiger partial charge in [0, 0.05) is 25.3 Å². The molecule has 0 aliphatic heterocycles. The van der Waals surface area contributed by atoms with Gasteiger partial charge in [-0.3, -0.25) is 4.79 Å². The van der Waals surface area contributed by atoms with E-state index in [1.807, 2.05) is 24.3 Å². The molecule has 1 aromatic rings. The minimum atomic E-state index is -1.00. The average molecular weight is 239 g/mol. The number of aliphatic carboxylic acids is 1. The van der Waals surface area contributed by atoms with E-state index in [0.717, 1.165) is 11.4 Å². The molecule has 0 heterocycles. The van der Waals surface area contributed by atoms with Gasteiger partial charge in [0.2, 0.25) is 0 Å². The Morgan fingerprint density at radius 3 is 2.82 bits per heavy atom. The summed E-state index contributed by atoms with van der Waals surface area (Å²) in [7, 11) is 3.37. The summed E-state index contributed by atoms with van der Waals surface area (Å²) in [6.45, 7) is 0.263. The molecule has 5 heteroatoms. The summed E-state index contributed by atoms with van der Waals surface area (Å²) in [5.41, 5.74) is 0.869. The van der Waals surface area contributed by atoms with Crippen molar-refractivity contribution in [3.8, 4) is 5.75 Å². The lowest BCUT2D eigenvalue weighted by molar-refractivity contribution is -0.139. The number of hydrogen-bond donors (Lipinski definition) is 2. The summed E-state index contributed by atoms with van der Waals surface area (Å²) < 4.78 is 5.09. The molecule has 1 aromatic carbocycles. The second kappa shape index (κ2) is 6.10. The molecule has 1 rings (SSSR count). The third-order valence-electron chi connectivity index (χ3n) is 2.39. The van der Waals surface area contributed by atoms with Crippen LogP contribution in [-0.2, 0) is 4.79 Å². The monoisotopic (exact) mass is 239 g/mol. The number of ether oxygens (including phenoxy) is 1. The number of carboxylic acid groups (broad SMARTS) is 1. The Balaban J connectivity index is 2.62. The molecular formula is C12H17NO4. The van der Waals surface area contributed by atoms with Crippen LogP contribution < -0.4 is 9.64 Å². The van der Waals surface area contributed by atoms with Crippen molar-refractivity contribution in [2.45, 2.75) is 12.5 Å². The molecule has 1 unspecified atom stereocenters. The van der Waals surface area contributed by atoms with Crippen molar-refractivity contribution in [3.63, 3.8) is 0 Å². The lowest BCUT2D eigenvalue weighted by atomic mass is 10.2. The number of rotatable bonds is 6. The highest BCUT2D eigenvalue weighted by molar-refractivity contribution is 5.67. The predicted molar refractivity (Wildman–Crippen MR) is 64.5 cm³/mol. The van der Waals surface area contributed by atoms with Gasteiger partial charge in [-0.05, 0) is 12.1 Å². The number of carboxylic acids is 1. The van der Waals surface area contributed by atoms with Crippen molar-refractivity contribution in [1.82, 2.24) is 0 Å². The van der Waals surface area contributed by atoms with Gasteiger partial charge in [-0.1, -0.05) is 6.07 Å². The van der Waals surface area contributed by atoms with E-state index >= 15 is 0 Å². The second-order valence-electron chi connectivity index (χ2n) is 3.83. The summed E-state index contributed by atoms with van der Waals surface area (Å²) in [5, 5.41) is 18.1. The first-order valence-electron chi connectivity index (χ1n) is 5.28. The maximum absolute atomic E-state index is 10.4. The van der Waals surface area contributed by atoms with Crippen LogP contribution in [0.25, 0.3) is 0 Å². The number of benzene rings is 1. The normalized spacial score (nSPS) is 11.9. The smallest absolute Gasteiger partial charge is 0.306 e. The van der Waals surface area contributed by atoms with Gasteiger partial charge in [0.25, 0.3) is 0 Å². The molecule has 0 saturated heterocycles. The van der Waals surface area contributed by atoms with E-state index in [-0.39, 0.29) is 13.0 Å². The van der Waals surface area contributed by atoms with E-state index in [2.05, 4.69) is 0 Å². The lowest BCUT2D eigenvalue weighted by Gasteiger charge is -2.22. The number of anilines is 1. The van der Waals surface area contributed by atoms with E-state index in [1.165, 1.54) is 0 Å². The van der Waals surface area contributed by atoms with Crippen LogP contribution in [0.2, 0.25) is 0 Å². The summed E-state index contributed by atoms with van der Waals surface area (Å²) in [4.78, 5) is 12.2. The molecule has 0 aromatic heterocycles. The molecule has 1 atom stereocenters. The lowest BCUT2D eigenvalue weighted by Crippen LogP contribution is -2.30. The van der Waals surface area contributed by atoms with E-state index in [4.69, 9.17) is 9.84 Å². The van der Waals surface area contributed by atoms with Crippen molar-refractivity contribution >= 4 is 11.7 Å². The predicted octanol–water partition coefficient (Wildman–Crippen LogP) is 0.967. The van der Waals surface area contributed by atoms with Crippen LogP contribution in [-0.4, -0.2) is 43.0 Å². The maximum atomic E-state index is 10.4. The number of hydrogen-bond acceptors (Lipinski definition) is 4. The molecule has 94 valence electrons. The van der Waals surface area contributed by atoms with Crippen molar-refractivity contribution in [2.24, 2.45) is 0 Å². The first kappa shape index (κ1) is 13.3. The molecule has 17 heavy (non-hydrogen) atoms. The maximum Gasteiger partial charge on any atom is 0.306 e. The quantitative estimate of drug-likeness (QED) is 0.774. The molecule has 0 spiro atoms. The van der Waals surface area contributed by atoms with Gasteiger partial charge in [0.1, 0.15) is 5.75 Å². The van der Waals surface area contributed by atoms with Gasteiger partial charge < -0.3 is 19.8 Å². The standard InChI is InChI=1S/C12H17NO4/c1-13(8-10(14)7-12(15)16)9-4-3-5-11(6-9)17-2/h3-6,10,14H,7-8H2,1-2H3,(H,15,16).